The van der Waals surface area contributed by atoms with E-state index in [1.165, 1.54) is 11.1 Å². The summed E-state index contributed by atoms with van der Waals surface area (Å²) in [5.74, 6) is -0.493. The Morgan fingerprint density at radius 3 is 2.55 bits per heavy atom. The van der Waals surface area contributed by atoms with Crippen LogP contribution in [0.25, 0.3) is 10.9 Å². The Morgan fingerprint density at radius 2 is 1.87 bits per heavy atom. The maximum atomic E-state index is 12.9. The Labute approximate surface area is 191 Å². The number of hydrazone groups is 1. The summed E-state index contributed by atoms with van der Waals surface area (Å²) in [5.41, 5.74) is 14.9. The van der Waals surface area contributed by atoms with Crippen LogP contribution >= 0.6 is 24.8 Å². The van der Waals surface area contributed by atoms with Crippen LogP contribution in [0.1, 0.15) is 32.7 Å². The van der Waals surface area contributed by atoms with Crippen molar-refractivity contribution < 1.29 is 9.59 Å². The van der Waals surface area contributed by atoms with Crippen molar-refractivity contribution in [1.29, 1.82) is 0 Å². The minimum absolute atomic E-state index is 0. The Kier molecular flexibility index (Phi) is 6.40. The fourth-order valence-electron chi connectivity index (χ4n) is 4.40. The van der Waals surface area contributed by atoms with Crippen molar-refractivity contribution >= 4 is 59.4 Å². The number of carbonyl (C=O) groups is 2. The summed E-state index contributed by atoms with van der Waals surface area (Å²) < 4.78 is 0. The molecule has 5 rings (SSSR count). The summed E-state index contributed by atoms with van der Waals surface area (Å²) in [4.78, 5) is 28.5. The fourth-order valence-corrected chi connectivity index (χ4v) is 4.40. The molecule has 1 aliphatic heterocycles. The van der Waals surface area contributed by atoms with Crippen molar-refractivity contribution in [2.24, 2.45) is 16.8 Å². The number of aryl methyl sites for hydroxylation is 1. The van der Waals surface area contributed by atoms with Gasteiger partial charge in [-0.25, -0.2) is 5.43 Å². The molecule has 0 saturated heterocycles. The summed E-state index contributed by atoms with van der Waals surface area (Å²) in [6.45, 7) is 1.92. The number of nitrogens with zero attached hydrogens (tertiary/aromatic N) is 1. The molecule has 3 aromatic rings. The summed E-state index contributed by atoms with van der Waals surface area (Å²) in [6, 6.07) is 11.1. The highest BCUT2D eigenvalue weighted by Gasteiger charge is 2.31. The van der Waals surface area contributed by atoms with Gasteiger partial charge in [0.05, 0.1) is 17.8 Å². The van der Waals surface area contributed by atoms with Gasteiger partial charge in [-0.3, -0.25) is 9.59 Å². The number of aromatic amines is 1. The van der Waals surface area contributed by atoms with Gasteiger partial charge in [-0.2, -0.15) is 5.10 Å². The van der Waals surface area contributed by atoms with Crippen molar-refractivity contribution in [2.75, 3.05) is 5.32 Å². The molecule has 0 saturated carbocycles. The lowest BCUT2D eigenvalue weighted by Crippen LogP contribution is -2.42. The molecule has 1 atom stereocenters. The molecule has 7 nitrogen and oxygen atoms in total. The van der Waals surface area contributed by atoms with Gasteiger partial charge in [-0.05, 0) is 48.9 Å². The molecule has 31 heavy (non-hydrogen) atoms. The second-order valence-corrected chi connectivity index (χ2v) is 7.76. The van der Waals surface area contributed by atoms with Crippen LogP contribution in [0.15, 0.2) is 41.5 Å². The molecule has 5 N–H and O–H groups in total. The number of amides is 2. The number of hydrogen-bond donors (Lipinski definition) is 4. The monoisotopic (exact) mass is 459 g/mol. The van der Waals surface area contributed by atoms with E-state index in [4.69, 9.17) is 5.73 Å². The predicted octanol–water partition coefficient (Wildman–Crippen LogP) is 3.08. The summed E-state index contributed by atoms with van der Waals surface area (Å²) >= 11 is 0. The second kappa shape index (κ2) is 8.70. The molecule has 0 bridgehead atoms. The van der Waals surface area contributed by atoms with Gasteiger partial charge >= 0.3 is 0 Å². The summed E-state index contributed by atoms with van der Waals surface area (Å²) in [6.07, 6.45) is 3.23. The molecule has 1 aliphatic carbocycles. The lowest BCUT2D eigenvalue weighted by atomic mass is 9.96. The molecule has 2 aliphatic rings. The molecule has 2 heterocycles. The van der Waals surface area contributed by atoms with Crippen LogP contribution < -0.4 is 16.5 Å². The van der Waals surface area contributed by atoms with Gasteiger partial charge in [0.2, 0.25) is 5.91 Å². The number of fused-ring (bicyclic) bond motifs is 1. The average molecular weight is 460 g/mol. The molecule has 162 valence electrons. The number of anilines is 1. The van der Waals surface area contributed by atoms with Crippen LogP contribution in [0, 0.1) is 12.8 Å². The standard InChI is InChI=1S/C22H21N5O2.2ClH/c1-11-17-10-24-27-21(28)16-8-15(9-18(25-11)19(16)17)26-22(29)20(23)14-6-12-4-2-3-5-13(12)7-14;;/h2-5,8-10,14,20,25H,6-7,23H2,1H3,(H,26,29)(H,27,28);2*1H. The number of benzene rings is 2. The summed E-state index contributed by atoms with van der Waals surface area (Å²) in [7, 11) is 0. The van der Waals surface area contributed by atoms with Gasteiger partial charge in [-0.1, -0.05) is 24.3 Å². The number of hydrogen-bond acceptors (Lipinski definition) is 4. The average Bonchev–Trinajstić information content (AvgIpc) is 3.22. The highest BCUT2D eigenvalue weighted by Crippen LogP contribution is 2.31. The first-order valence-corrected chi connectivity index (χ1v) is 9.64. The lowest BCUT2D eigenvalue weighted by molar-refractivity contribution is -0.118. The second-order valence-electron chi connectivity index (χ2n) is 7.76. The predicted molar refractivity (Wildman–Crippen MR) is 127 cm³/mol. The minimum atomic E-state index is -0.629. The largest absolute Gasteiger partial charge is 0.358 e. The van der Waals surface area contributed by atoms with Crippen LogP contribution in [0.5, 0.6) is 0 Å². The Morgan fingerprint density at radius 1 is 1.19 bits per heavy atom. The molecule has 0 radical (unpaired) electrons. The molecule has 9 heteroatoms. The molecular weight excluding hydrogens is 437 g/mol. The lowest BCUT2D eigenvalue weighted by Gasteiger charge is -2.18. The third kappa shape index (κ3) is 3.92. The van der Waals surface area contributed by atoms with E-state index in [0.717, 1.165) is 35.0 Å². The highest BCUT2D eigenvalue weighted by atomic mass is 35.5. The first-order chi connectivity index (χ1) is 14.0. The van der Waals surface area contributed by atoms with Gasteiger partial charge in [0.15, 0.2) is 0 Å². The van der Waals surface area contributed by atoms with E-state index in [1.807, 2.05) is 25.1 Å². The van der Waals surface area contributed by atoms with E-state index in [0.29, 0.717) is 11.3 Å². The number of halogens is 2. The van der Waals surface area contributed by atoms with Gasteiger partial charge < -0.3 is 16.0 Å². The third-order valence-corrected chi connectivity index (χ3v) is 5.90. The minimum Gasteiger partial charge on any atom is -0.358 e. The molecule has 0 spiro atoms. The smallest absolute Gasteiger partial charge is 0.272 e. The summed E-state index contributed by atoms with van der Waals surface area (Å²) in [5, 5.41) is 7.67. The molecular formula is C22H23Cl2N5O2. The third-order valence-electron chi connectivity index (χ3n) is 5.90. The Bertz CT molecular complexity index is 1180. The fraction of sp³-hybridized carbons (Fsp3) is 0.227. The van der Waals surface area contributed by atoms with Crippen molar-refractivity contribution in [3.05, 3.63) is 64.3 Å². The van der Waals surface area contributed by atoms with Crippen molar-refractivity contribution in [3.63, 3.8) is 0 Å². The molecule has 1 aromatic heterocycles. The maximum Gasteiger partial charge on any atom is 0.272 e. The highest BCUT2D eigenvalue weighted by molar-refractivity contribution is 6.16. The van der Waals surface area contributed by atoms with Crippen LogP contribution in [0.2, 0.25) is 0 Å². The molecule has 0 fully saturated rings. The maximum absolute atomic E-state index is 12.9. The number of H-pyrrole nitrogens is 1. The Hall–Kier alpha value is -2.87. The van der Waals surface area contributed by atoms with E-state index >= 15 is 0 Å². The quantitative estimate of drug-likeness (QED) is 0.482. The van der Waals surface area contributed by atoms with Crippen molar-refractivity contribution in [2.45, 2.75) is 25.8 Å². The normalized spacial score (nSPS) is 15.4. The van der Waals surface area contributed by atoms with E-state index in [9.17, 15) is 9.59 Å². The molecule has 2 aromatic carbocycles. The number of nitrogens with two attached hydrogens (primary N) is 1. The van der Waals surface area contributed by atoms with Gasteiger partial charge in [0, 0.05) is 27.8 Å². The molecule has 1 unspecified atom stereocenters. The zero-order valence-corrected chi connectivity index (χ0v) is 18.4. The Balaban J connectivity index is 0.00000136. The number of nitrogens with one attached hydrogen (secondary N) is 3. The van der Waals surface area contributed by atoms with Crippen LogP contribution in [0.3, 0.4) is 0 Å². The van der Waals surface area contributed by atoms with E-state index in [2.05, 4.69) is 33.0 Å². The topological polar surface area (TPSA) is 112 Å². The zero-order chi connectivity index (χ0) is 20.1. The van der Waals surface area contributed by atoms with Crippen LogP contribution in [0.4, 0.5) is 5.69 Å². The van der Waals surface area contributed by atoms with Crippen molar-refractivity contribution in [3.8, 4) is 0 Å². The van der Waals surface area contributed by atoms with Crippen molar-refractivity contribution in [1.82, 2.24) is 10.4 Å². The first kappa shape index (κ1) is 22.8. The van der Waals surface area contributed by atoms with Gasteiger partial charge in [0.25, 0.3) is 5.91 Å². The van der Waals surface area contributed by atoms with Gasteiger partial charge in [0.1, 0.15) is 0 Å². The van der Waals surface area contributed by atoms with Gasteiger partial charge in [-0.15, -0.1) is 24.8 Å². The number of carbonyl (C=O) groups excluding carboxylic acids is 2. The zero-order valence-electron chi connectivity index (χ0n) is 16.8. The van der Waals surface area contributed by atoms with E-state index < -0.39 is 6.04 Å². The van der Waals surface area contributed by atoms with Crippen LogP contribution in [-0.4, -0.2) is 29.1 Å². The number of aromatic nitrogens is 1. The van der Waals surface area contributed by atoms with Crippen LogP contribution in [-0.2, 0) is 17.6 Å². The van der Waals surface area contributed by atoms with E-state index in [1.54, 1.807) is 12.3 Å². The molecule has 2 amide bonds. The first-order valence-electron chi connectivity index (χ1n) is 9.64. The SMILES string of the molecule is Cc1[nH]c2cc(NC(=O)C(N)C3Cc4ccccc4C3)cc3c2c1C=NNC3=O.Cl.Cl. The number of rotatable bonds is 3. The van der Waals surface area contributed by atoms with E-state index in [-0.39, 0.29) is 42.5 Å².